The Kier molecular flexibility index (Phi) is 14.6. The van der Waals surface area contributed by atoms with Gasteiger partial charge in [-0.1, -0.05) is 26.0 Å². The second-order valence-corrected chi connectivity index (χ2v) is 17.0. The molecule has 4 heterocycles. The number of nitrogens with zero attached hydrogens (tertiary/aromatic N) is 1. The van der Waals surface area contributed by atoms with Crippen molar-refractivity contribution in [2.75, 3.05) is 42.9 Å². The topological polar surface area (TPSA) is 160 Å². The Labute approximate surface area is 333 Å². The van der Waals surface area contributed by atoms with Crippen LogP contribution in [0.25, 0.3) is 0 Å². The lowest BCUT2D eigenvalue weighted by Crippen LogP contribution is -2.70. The molecule has 0 unspecified atom stereocenters. The third-order valence-corrected chi connectivity index (χ3v) is 11.3. The first-order valence-corrected chi connectivity index (χ1v) is 20.4. The molecule has 1 aromatic carbocycles. The van der Waals surface area contributed by atoms with Crippen LogP contribution >= 0.6 is 23.2 Å². The van der Waals surface area contributed by atoms with E-state index in [1.165, 1.54) is 0 Å². The van der Waals surface area contributed by atoms with Gasteiger partial charge in [0.2, 0.25) is 18.0 Å². The van der Waals surface area contributed by atoms with Gasteiger partial charge in [-0.15, -0.1) is 23.2 Å². The molecule has 5 fully saturated rings. The highest BCUT2D eigenvalue weighted by Gasteiger charge is 2.69. The average Bonchev–Trinajstić information content (AvgIpc) is 3.36. The van der Waals surface area contributed by atoms with Crippen LogP contribution in [0.3, 0.4) is 0 Å². The minimum absolute atomic E-state index is 0.00834. The molecule has 1 spiro atoms. The summed E-state index contributed by atoms with van der Waals surface area (Å²) >= 11 is 11.9. The summed E-state index contributed by atoms with van der Waals surface area (Å²) in [6, 6.07) is 6.59. The van der Waals surface area contributed by atoms with Gasteiger partial charge < -0.3 is 39.2 Å². The SMILES string of the molecule is C[C@H]1[C@H](OC(=O)CCC(=O)OCCNC(=O)[C@H](Cc2ccc(N(CCCl)CCCl)cc2)NC(=O)OC(C)(C)C)O[C@@H]2O[C@@]3(C)CC[C@H]4[C@H](C)CC[C@@H]1[C@@]24OO3. The molecule has 2 amide bonds. The lowest BCUT2D eigenvalue weighted by atomic mass is 9.58. The van der Waals surface area contributed by atoms with Crippen LogP contribution in [0.2, 0.25) is 0 Å². The Hall–Kier alpha value is -2.88. The van der Waals surface area contributed by atoms with Crippen molar-refractivity contribution in [1.82, 2.24) is 10.6 Å². The molecule has 4 saturated heterocycles. The van der Waals surface area contributed by atoms with Gasteiger partial charge in [-0.2, -0.15) is 0 Å². The Balaban J connectivity index is 1.08. The highest BCUT2D eigenvalue weighted by Crippen LogP contribution is 2.60. The summed E-state index contributed by atoms with van der Waals surface area (Å²) in [5.41, 5.74) is 0.189. The minimum atomic E-state index is -0.976. The summed E-state index contributed by atoms with van der Waals surface area (Å²) in [7, 11) is 0. The van der Waals surface area contributed by atoms with E-state index in [-0.39, 0.29) is 50.2 Å². The molecule has 14 nitrogen and oxygen atoms in total. The van der Waals surface area contributed by atoms with Crippen molar-refractivity contribution < 1.29 is 52.6 Å². The molecule has 2 N–H and O–H groups in total. The van der Waals surface area contributed by atoms with Crippen molar-refractivity contribution in [1.29, 1.82) is 0 Å². The highest BCUT2D eigenvalue weighted by atomic mass is 35.5. The van der Waals surface area contributed by atoms with Crippen molar-refractivity contribution in [3.05, 3.63) is 29.8 Å². The number of anilines is 1. The van der Waals surface area contributed by atoms with E-state index < -0.39 is 59.6 Å². The fourth-order valence-corrected chi connectivity index (χ4v) is 8.65. The van der Waals surface area contributed by atoms with Crippen LogP contribution in [-0.4, -0.2) is 97.6 Å². The Morgan fingerprint density at radius 1 is 0.964 bits per heavy atom. The molecule has 4 aliphatic heterocycles. The molecule has 1 saturated carbocycles. The Bertz CT molecular complexity index is 1490. The molecular weight excluding hydrogens is 757 g/mol. The molecule has 5 aliphatic rings. The second-order valence-electron chi connectivity index (χ2n) is 16.2. The van der Waals surface area contributed by atoms with Gasteiger partial charge >= 0.3 is 18.0 Å². The molecule has 1 aromatic rings. The van der Waals surface area contributed by atoms with Crippen LogP contribution in [-0.2, 0) is 54.3 Å². The minimum Gasteiger partial charge on any atom is -0.464 e. The number of hydrogen-bond donors (Lipinski definition) is 2. The van der Waals surface area contributed by atoms with Crippen molar-refractivity contribution >= 4 is 52.8 Å². The molecule has 16 heteroatoms. The number of amides is 2. The smallest absolute Gasteiger partial charge is 0.408 e. The van der Waals surface area contributed by atoms with Gasteiger partial charge in [0.25, 0.3) is 0 Å². The molecule has 308 valence electrons. The molecule has 0 aromatic heterocycles. The number of hydrogen-bond acceptors (Lipinski definition) is 12. The van der Waals surface area contributed by atoms with Gasteiger partial charge in [-0.05, 0) is 76.5 Å². The van der Waals surface area contributed by atoms with Gasteiger partial charge in [-0.3, -0.25) is 14.4 Å². The summed E-state index contributed by atoms with van der Waals surface area (Å²) in [6.45, 7) is 12.3. The standard InChI is InChI=1S/C39H57Cl2N3O11/c1-24-7-12-29-25(2)34(51-35-39(29)28(24)15-16-38(6,52-35)54-55-39)50-32(46)14-13-31(45)49-22-19-42-33(47)30(43-36(48)53-37(3,4)5)23-26-8-10-27(11-9-26)44(20-17-40)21-18-41/h8-11,24-25,28-30,34-35H,7,12-23H2,1-6H3,(H,42,47)(H,43,48)/t24-,25-,28+,29+,30+,34-,35-,38-,39-/m1/s1. The number of halogens is 2. The number of carbonyl (C=O) groups excluding carboxylic acids is 4. The van der Waals surface area contributed by atoms with E-state index in [0.717, 1.165) is 30.5 Å². The second kappa shape index (κ2) is 18.6. The van der Waals surface area contributed by atoms with E-state index in [2.05, 4.69) is 22.5 Å². The number of carbonyl (C=O) groups is 4. The van der Waals surface area contributed by atoms with E-state index in [4.69, 9.17) is 56.7 Å². The van der Waals surface area contributed by atoms with Crippen LogP contribution < -0.4 is 15.5 Å². The van der Waals surface area contributed by atoms with E-state index in [9.17, 15) is 19.2 Å². The predicted octanol–water partition coefficient (Wildman–Crippen LogP) is 5.60. The summed E-state index contributed by atoms with van der Waals surface area (Å²) < 4.78 is 29.1. The molecular formula is C39H57Cl2N3O11. The number of alkyl carbamates (subject to hydrolysis) is 1. The molecule has 0 radical (unpaired) electrons. The van der Waals surface area contributed by atoms with E-state index >= 15 is 0 Å². The fourth-order valence-electron chi connectivity index (χ4n) is 8.25. The summed E-state index contributed by atoms with van der Waals surface area (Å²) in [6.07, 6.45) is 0.802. The number of benzene rings is 1. The van der Waals surface area contributed by atoms with Crippen LogP contribution in [0, 0.1) is 23.7 Å². The van der Waals surface area contributed by atoms with E-state index in [1.807, 2.05) is 38.1 Å². The third-order valence-electron chi connectivity index (χ3n) is 11.0. The highest BCUT2D eigenvalue weighted by molar-refractivity contribution is 6.18. The monoisotopic (exact) mass is 813 g/mol. The van der Waals surface area contributed by atoms with Gasteiger partial charge in [-0.25, -0.2) is 14.6 Å². The molecule has 6 rings (SSSR count). The van der Waals surface area contributed by atoms with Crippen molar-refractivity contribution in [2.45, 2.75) is 122 Å². The quantitative estimate of drug-likeness (QED) is 0.0701. The van der Waals surface area contributed by atoms with Crippen molar-refractivity contribution in [3.63, 3.8) is 0 Å². The summed E-state index contributed by atoms with van der Waals surface area (Å²) in [5, 5.41) is 5.36. The first-order chi connectivity index (χ1) is 26.1. The number of ether oxygens (including phenoxy) is 5. The zero-order valence-corrected chi connectivity index (χ0v) is 34.2. The van der Waals surface area contributed by atoms with Gasteiger partial charge in [0.05, 0.1) is 19.4 Å². The largest absolute Gasteiger partial charge is 0.464 e. The maximum Gasteiger partial charge on any atom is 0.408 e. The number of fused-ring (bicyclic) bond motifs is 2. The molecule has 2 bridgehead atoms. The number of rotatable bonds is 16. The summed E-state index contributed by atoms with van der Waals surface area (Å²) in [4.78, 5) is 65.4. The number of nitrogens with one attached hydrogen (secondary N) is 2. The van der Waals surface area contributed by atoms with Crippen molar-refractivity contribution in [3.8, 4) is 0 Å². The maximum absolute atomic E-state index is 13.3. The van der Waals surface area contributed by atoms with Gasteiger partial charge in [0.15, 0.2) is 11.9 Å². The van der Waals surface area contributed by atoms with E-state index in [1.54, 1.807) is 20.8 Å². The number of alkyl halides is 2. The molecule has 1 aliphatic carbocycles. The average molecular weight is 815 g/mol. The van der Waals surface area contributed by atoms with Crippen molar-refractivity contribution in [2.24, 2.45) is 23.7 Å². The summed E-state index contributed by atoms with van der Waals surface area (Å²) in [5.74, 6) is -1.39. The fraction of sp³-hybridized carbons (Fsp3) is 0.744. The first kappa shape index (κ1) is 43.2. The van der Waals surface area contributed by atoms with E-state index in [0.29, 0.717) is 37.2 Å². The lowest BCUT2D eigenvalue weighted by molar-refractivity contribution is -0.576. The van der Waals surface area contributed by atoms with Crippen LogP contribution in [0.4, 0.5) is 10.5 Å². The zero-order chi connectivity index (χ0) is 40.0. The first-order valence-electron chi connectivity index (χ1n) is 19.4. The molecule has 55 heavy (non-hydrogen) atoms. The third kappa shape index (κ3) is 10.7. The Morgan fingerprint density at radius 2 is 1.65 bits per heavy atom. The van der Waals surface area contributed by atoms with Crippen LogP contribution in [0.5, 0.6) is 0 Å². The lowest BCUT2D eigenvalue weighted by Gasteiger charge is -2.59. The molecule has 9 atom stereocenters. The normalized spacial score (nSPS) is 30.3. The Morgan fingerprint density at radius 3 is 2.33 bits per heavy atom. The number of esters is 2. The van der Waals surface area contributed by atoms with Crippen LogP contribution in [0.1, 0.15) is 85.6 Å². The zero-order valence-electron chi connectivity index (χ0n) is 32.7. The van der Waals surface area contributed by atoms with Crippen LogP contribution in [0.15, 0.2) is 24.3 Å². The van der Waals surface area contributed by atoms with Gasteiger partial charge in [0, 0.05) is 55.2 Å². The predicted molar refractivity (Wildman–Crippen MR) is 203 cm³/mol. The maximum atomic E-state index is 13.3. The van der Waals surface area contributed by atoms with Gasteiger partial charge in [0.1, 0.15) is 18.2 Å².